The Balaban J connectivity index is 3.08. The number of hydrogen-bond acceptors (Lipinski definition) is 4. The topological polar surface area (TPSA) is 79.5 Å². The number of rotatable bonds is 8. The zero-order valence-corrected chi connectivity index (χ0v) is 16.5. The molecule has 0 atom stereocenters. The second-order valence-corrected chi connectivity index (χ2v) is 6.87. The number of carbonyl (C=O) groups is 3. The molecule has 1 aromatic rings. The maximum atomic E-state index is 12.8. The maximum Gasteiger partial charge on any atom is 0.355 e. The van der Waals surface area contributed by atoms with Gasteiger partial charge in [0.1, 0.15) is 5.69 Å². The number of alkyl halides is 1. The summed E-state index contributed by atoms with van der Waals surface area (Å²) in [7, 11) is 0. The fraction of sp³-hybridized carbons (Fsp3) is 0.611. The van der Waals surface area contributed by atoms with E-state index in [2.05, 4.69) is 4.98 Å². The third-order valence-electron chi connectivity index (χ3n) is 4.11. The summed E-state index contributed by atoms with van der Waals surface area (Å²) in [6.07, 6.45) is 0. The quantitative estimate of drug-likeness (QED) is 0.433. The van der Waals surface area contributed by atoms with Crippen molar-refractivity contribution in [1.82, 2.24) is 9.88 Å². The van der Waals surface area contributed by atoms with Gasteiger partial charge in [0.05, 0.1) is 18.6 Å². The maximum absolute atomic E-state index is 12.8. The van der Waals surface area contributed by atoms with Gasteiger partial charge in [-0.05, 0) is 47.1 Å². The van der Waals surface area contributed by atoms with E-state index in [-0.39, 0.29) is 36.4 Å². The summed E-state index contributed by atoms with van der Waals surface area (Å²) in [6.45, 7) is 11.1. The molecule has 0 unspecified atom stereocenters. The molecular formula is C18H27ClN2O4. The van der Waals surface area contributed by atoms with E-state index in [1.807, 2.05) is 6.92 Å². The van der Waals surface area contributed by atoms with Crippen LogP contribution in [0.5, 0.6) is 0 Å². The van der Waals surface area contributed by atoms with E-state index in [0.29, 0.717) is 23.4 Å². The summed E-state index contributed by atoms with van der Waals surface area (Å²) in [4.78, 5) is 41.7. The summed E-state index contributed by atoms with van der Waals surface area (Å²) in [5.74, 6) is -0.711. The van der Waals surface area contributed by atoms with E-state index in [9.17, 15) is 14.4 Å². The number of likely N-dealkylation sites (N-methyl/N-ethyl adjacent to an activating group) is 1. The Morgan fingerprint density at radius 1 is 1.20 bits per heavy atom. The van der Waals surface area contributed by atoms with Crippen LogP contribution in [0.3, 0.4) is 0 Å². The van der Waals surface area contributed by atoms with Crippen LogP contribution in [0.15, 0.2) is 0 Å². The number of Topliss-reactive ketones (excluding diaryl/α,β-unsaturated/α-hetero) is 1. The van der Waals surface area contributed by atoms with Gasteiger partial charge >= 0.3 is 5.97 Å². The molecule has 0 saturated heterocycles. The number of halogens is 1. The number of hydrogen-bond donors (Lipinski definition) is 1. The van der Waals surface area contributed by atoms with Crippen molar-refractivity contribution < 1.29 is 19.1 Å². The average Bonchev–Trinajstić information content (AvgIpc) is 2.86. The van der Waals surface area contributed by atoms with Gasteiger partial charge in [0.15, 0.2) is 5.78 Å². The number of esters is 1. The van der Waals surface area contributed by atoms with Crippen LogP contribution >= 0.6 is 11.6 Å². The molecule has 0 radical (unpaired) electrons. The van der Waals surface area contributed by atoms with E-state index in [0.717, 1.165) is 0 Å². The highest BCUT2D eigenvalue weighted by Crippen LogP contribution is 2.23. The van der Waals surface area contributed by atoms with Crippen LogP contribution in [0.4, 0.5) is 0 Å². The van der Waals surface area contributed by atoms with Gasteiger partial charge in [-0.2, -0.15) is 0 Å². The highest BCUT2D eigenvalue weighted by atomic mass is 35.5. The first-order valence-electron chi connectivity index (χ1n) is 8.35. The summed E-state index contributed by atoms with van der Waals surface area (Å²) in [6, 6.07) is 0. The normalized spacial score (nSPS) is 11.3. The van der Waals surface area contributed by atoms with Gasteiger partial charge in [-0.3, -0.25) is 9.59 Å². The Kier molecular flexibility index (Phi) is 7.23. The smallest absolute Gasteiger partial charge is 0.355 e. The van der Waals surface area contributed by atoms with Crippen molar-refractivity contribution in [3.8, 4) is 0 Å². The van der Waals surface area contributed by atoms with Crippen LogP contribution < -0.4 is 0 Å². The van der Waals surface area contributed by atoms with E-state index in [4.69, 9.17) is 16.3 Å². The monoisotopic (exact) mass is 370 g/mol. The molecule has 0 aliphatic heterocycles. The van der Waals surface area contributed by atoms with E-state index in [1.54, 1.807) is 34.6 Å². The standard InChI is InChI=1S/C18H27ClN2O4/c1-7-21(17(24)18(5,6)10-19)9-13(22)14-11(3)15(20-12(14)4)16(23)25-8-2/h20H,7-10H2,1-6H3. The Labute approximate surface area is 153 Å². The van der Waals surface area contributed by atoms with Gasteiger partial charge in [0, 0.05) is 23.7 Å². The average molecular weight is 371 g/mol. The fourth-order valence-electron chi connectivity index (χ4n) is 2.64. The first-order valence-corrected chi connectivity index (χ1v) is 8.88. The van der Waals surface area contributed by atoms with Gasteiger partial charge in [-0.25, -0.2) is 4.79 Å². The molecule has 0 aliphatic rings. The molecule has 0 saturated carbocycles. The van der Waals surface area contributed by atoms with E-state index >= 15 is 0 Å². The number of nitrogens with zero attached hydrogens (tertiary/aromatic N) is 1. The van der Waals surface area contributed by atoms with E-state index in [1.165, 1.54) is 4.90 Å². The summed E-state index contributed by atoms with van der Waals surface area (Å²) < 4.78 is 5.00. The number of amides is 1. The van der Waals surface area contributed by atoms with Crippen LogP contribution in [-0.2, 0) is 9.53 Å². The molecule has 1 heterocycles. The number of ketones is 1. The van der Waals surface area contributed by atoms with Gasteiger partial charge in [0.2, 0.25) is 5.91 Å². The largest absolute Gasteiger partial charge is 0.461 e. The molecule has 1 rings (SSSR count). The second-order valence-electron chi connectivity index (χ2n) is 6.61. The van der Waals surface area contributed by atoms with Crippen molar-refractivity contribution in [3.05, 3.63) is 22.5 Å². The number of carbonyl (C=O) groups excluding carboxylic acids is 3. The molecular weight excluding hydrogens is 344 g/mol. The van der Waals surface area contributed by atoms with Crippen LogP contribution in [-0.4, -0.2) is 53.1 Å². The number of nitrogens with one attached hydrogen (secondary N) is 1. The predicted molar refractivity (Wildman–Crippen MR) is 97.3 cm³/mol. The molecule has 1 aromatic heterocycles. The number of aromatic amines is 1. The van der Waals surface area contributed by atoms with Gasteiger partial charge in [-0.15, -0.1) is 11.6 Å². The summed E-state index contributed by atoms with van der Waals surface area (Å²) >= 11 is 5.87. The van der Waals surface area contributed by atoms with Crippen LogP contribution in [0, 0.1) is 19.3 Å². The lowest BCUT2D eigenvalue weighted by molar-refractivity contribution is -0.138. The molecule has 140 valence electrons. The number of H-pyrrole nitrogens is 1. The lowest BCUT2D eigenvalue weighted by Crippen LogP contribution is -2.44. The highest BCUT2D eigenvalue weighted by Gasteiger charge is 2.32. The van der Waals surface area contributed by atoms with Crippen molar-refractivity contribution in [2.45, 2.75) is 41.5 Å². The Bertz CT molecular complexity index is 664. The lowest BCUT2D eigenvalue weighted by atomic mass is 9.94. The SMILES string of the molecule is CCOC(=O)c1[nH]c(C)c(C(=O)CN(CC)C(=O)C(C)(C)CCl)c1C. The zero-order chi connectivity index (χ0) is 19.4. The first-order chi connectivity index (χ1) is 11.6. The second kappa shape index (κ2) is 8.52. The summed E-state index contributed by atoms with van der Waals surface area (Å²) in [5.41, 5.74) is 1.10. The number of ether oxygens (including phenoxy) is 1. The van der Waals surface area contributed by atoms with Crippen molar-refractivity contribution in [2.75, 3.05) is 25.6 Å². The van der Waals surface area contributed by atoms with E-state index < -0.39 is 11.4 Å². The van der Waals surface area contributed by atoms with Crippen LogP contribution in [0.2, 0.25) is 0 Å². The molecule has 0 spiro atoms. The fourth-order valence-corrected chi connectivity index (χ4v) is 2.75. The van der Waals surface area contributed by atoms with Crippen LogP contribution in [0.1, 0.15) is 59.8 Å². The zero-order valence-electron chi connectivity index (χ0n) is 15.8. The lowest BCUT2D eigenvalue weighted by Gasteiger charge is -2.29. The predicted octanol–water partition coefficient (Wildman–Crippen LogP) is 3.10. The first kappa shape index (κ1) is 21.2. The number of aryl methyl sites for hydroxylation is 1. The minimum absolute atomic E-state index is 0.0581. The Morgan fingerprint density at radius 3 is 2.28 bits per heavy atom. The van der Waals surface area contributed by atoms with Crippen molar-refractivity contribution in [2.24, 2.45) is 5.41 Å². The van der Waals surface area contributed by atoms with Gasteiger partial charge in [0.25, 0.3) is 0 Å². The van der Waals surface area contributed by atoms with Crippen molar-refractivity contribution in [1.29, 1.82) is 0 Å². The molecule has 7 heteroatoms. The Hall–Kier alpha value is -1.82. The minimum Gasteiger partial charge on any atom is -0.461 e. The molecule has 0 aromatic carbocycles. The third kappa shape index (κ3) is 4.63. The minimum atomic E-state index is -0.740. The molecule has 6 nitrogen and oxygen atoms in total. The Morgan fingerprint density at radius 2 is 1.80 bits per heavy atom. The number of aromatic nitrogens is 1. The molecule has 0 fully saturated rings. The third-order valence-corrected chi connectivity index (χ3v) is 4.78. The molecule has 0 aliphatic carbocycles. The molecule has 1 N–H and O–H groups in total. The van der Waals surface area contributed by atoms with Gasteiger partial charge < -0.3 is 14.6 Å². The molecule has 1 amide bonds. The highest BCUT2D eigenvalue weighted by molar-refractivity contribution is 6.20. The molecule has 25 heavy (non-hydrogen) atoms. The van der Waals surface area contributed by atoms with Crippen LogP contribution in [0.25, 0.3) is 0 Å². The molecule has 0 bridgehead atoms. The van der Waals surface area contributed by atoms with Crippen molar-refractivity contribution >= 4 is 29.3 Å². The van der Waals surface area contributed by atoms with Crippen molar-refractivity contribution in [3.63, 3.8) is 0 Å². The summed E-state index contributed by atoms with van der Waals surface area (Å²) in [5, 5.41) is 0. The van der Waals surface area contributed by atoms with Gasteiger partial charge in [-0.1, -0.05) is 0 Å².